The number of benzene rings is 1. The van der Waals surface area contributed by atoms with Crippen LogP contribution in [0.2, 0.25) is 0 Å². The lowest BCUT2D eigenvalue weighted by molar-refractivity contribution is 0.265. The van der Waals surface area contributed by atoms with Crippen molar-refractivity contribution in [1.82, 2.24) is 14.8 Å². The molecule has 0 aliphatic heterocycles. The number of hydrogen-bond donors (Lipinski definition) is 1. The molecule has 2 aromatic rings. The van der Waals surface area contributed by atoms with E-state index in [9.17, 15) is 5.11 Å². The molecule has 1 saturated carbocycles. The van der Waals surface area contributed by atoms with Crippen LogP contribution in [-0.2, 0) is 6.61 Å². The summed E-state index contributed by atoms with van der Waals surface area (Å²) in [4.78, 5) is 0. The van der Waals surface area contributed by atoms with Crippen molar-refractivity contribution in [3.8, 4) is 11.4 Å². The van der Waals surface area contributed by atoms with E-state index in [1.807, 2.05) is 12.1 Å². The van der Waals surface area contributed by atoms with Gasteiger partial charge in [0.1, 0.15) is 6.61 Å². The summed E-state index contributed by atoms with van der Waals surface area (Å²) in [6, 6.07) is 6.60. The Labute approximate surface area is 114 Å². The van der Waals surface area contributed by atoms with E-state index in [1.165, 1.54) is 5.56 Å². The fraction of sp³-hybridized carbons (Fsp3) is 0.385. The fourth-order valence-electron chi connectivity index (χ4n) is 2.13. The molecule has 3 rings (SSSR count). The van der Waals surface area contributed by atoms with Crippen LogP contribution >= 0.6 is 15.9 Å². The highest BCUT2D eigenvalue weighted by Crippen LogP contribution is 2.39. The molecule has 1 aromatic carbocycles. The lowest BCUT2D eigenvalue weighted by Crippen LogP contribution is -2.03. The van der Waals surface area contributed by atoms with E-state index in [0.717, 1.165) is 28.7 Å². The van der Waals surface area contributed by atoms with Crippen molar-refractivity contribution in [2.45, 2.75) is 32.4 Å². The third-order valence-electron chi connectivity index (χ3n) is 3.24. The number of hydrogen-bond acceptors (Lipinski definition) is 3. The van der Waals surface area contributed by atoms with E-state index in [2.05, 4.69) is 43.7 Å². The Kier molecular flexibility index (Phi) is 2.95. The first-order valence-electron chi connectivity index (χ1n) is 6.02. The summed E-state index contributed by atoms with van der Waals surface area (Å²) in [6.45, 7) is 2.00. The van der Waals surface area contributed by atoms with Gasteiger partial charge in [-0.25, -0.2) is 0 Å². The zero-order valence-corrected chi connectivity index (χ0v) is 11.7. The van der Waals surface area contributed by atoms with Gasteiger partial charge in [0.15, 0.2) is 11.6 Å². The molecule has 4 nitrogen and oxygen atoms in total. The normalized spacial score (nSPS) is 15.1. The highest BCUT2D eigenvalue weighted by atomic mass is 79.9. The quantitative estimate of drug-likeness (QED) is 0.948. The topological polar surface area (TPSA) is 50.9 Å². The Morgan fingerprint density at radius 2 is 2.17 bits per heavy atom. The Balaban J connectivity index is 2.10. The standard InChI is InChI=1S/C13H14BrN3O/c1-8-6-9(2-5-11(8)14)13-16-15-12(7-18)17(13)10-3-4-10/h2,5-6,10,18H,3-4,7H2,1H3. The predicted octanol–water partition coefficient (Wildman–Crippen LogP) is 2.84. The van der Waals surface area contributed by atoms with Crippen LogP contribution in [0.1, 0.15) is 30.3 Å². The van der Waals surface area contributed by atoms with Crippen molar-refractivity contribution in [2.75, 3.05) is 0 Å². The first-order valence-corrected chi connectivity index (χ1v) is 6.81. The van der Waals surface area contributed by atoms with E-state index >= 15 is 0 Å². The number of nitrogens with zero attached hydrogens (tertiary/aromatic N) is 3. The molecule has 5 heteroatoms. The summed E-state index contributed by atoms with van der Waals surface area (Å²) in [7, 11) is 0. The minimum Gasteiger partial charge on any atom is -0.388 e. The molecular weight excluding hydrogens is 294 g/mol. The van der Waals surface area contributed by atoms with Gasteiger partial charge in [0.2, 0.25) is 0 Å². The molecule has 0 unspecified atom stereocenters. The molecule has 1 N–H and O–H groups in total. The van der Waals surface area contributed by atoms with E-state index in [-0.39, 0.29) is 6.61 Å². The van der Waals surface area contributed by atoms with Crippen LogP contribution in [0, 0.1) is 6.92 Å². The maximum atomic E-state index is 9.32. The van der Waals surface area contributed by atoms with Crippen molar-refractivity contribution in [3.05, 3.63) is 34.1 Å². The van der Waals surface area contributed by atoms with Gasteiger partial charge in [-0.15, -0.1) is 10.2 Å². The van der Waals surface area contributed by atoms with Crippen molar-refractivity contribution in [3.63, 3.8) is 0 Å². The smallest absolute Gasteiger partial charge is 0.164 e. The Morgan fingerprint density at radius 1 is 1.39 bits per heavy atom. The average Bonchev–Trinajstić information content (AvgIpc) is 3.12. The lowest BCUT2D eigenvalue weighted by Gasteiger charge is -2.08. The van der Waals surface area contributed by atoms with Crippen molar-refractivity contribution in [2.24, 2.45) is 0 Å². The maximum Gasteiger partial charge on any atom is 0.164 e. The van der Waals surface area contributed by atoms with Gasteiger partial charge in [0.05, 0.1) is 0 Å². The summed E-state index contributed by atoms with van der Waals surface area (Å²) in [5.41, 5.74) is 2.22. The SMILES string of the molecule is Cc1cc(-c2nnc(CO)n2C2CC2)ccc1Br. The zero-order chi connectivity index (χ0) is 12.7. The zero-order valence-electron chi connectivity index (χ0n) is 10.1. The monoisotopic (exact) mass is 307 g/mol. The summed E-state index contributed by atoms with van der Waals surface area (Å²) < 4.78 is 3.16. The number of halogens is 1. The second kappa shape index (κ2) is 4.48. The van der Waals surface area contributed by atoms with Gasteiger partial charge in [-0.1, -0.05) is 22.0 Å². The van der Waals surface area contributed by atoms with Crippen LogP contribution in [0.15, 0.2) is 22.7 Å². The van der Waals surface area contributed by atoms with E-state index in [1.54, 1.807) is 0 Å². The summed E-state index contributed by atoms with van der Waals surface area (Å²) in [5.74, 6) is 1.52. The van der Waals surface area contributed by atoms with Crippen LogP contribution in [0.25, 0.3) is 11.4 Å². The molecule has 0 bridgehead atoms. The lowest BCUT2D eigenvalue weighted by atomic mass is 10.1. The fourth-order valence-corrected chi connectivity index (χ4v) is 2.38. The Morgan fingerprint density at radius 3 is 2.78 bits per heavy atom. The summed E-state index contributed by atoms with van der Waals surface area (Å²) in [5, 5.41) is 17.6. The van der Waals surface area contributed by atoms with Crippen LogP contribution in [-0.4, -0.2) is 19.9 Å². The summed E-state index contributed by atoms with van der Waals surface area (Å²) >= 11 is 3.50. The Hall–Kier alpha value is -1.20. The maximum absolute atomic E-state index is 9.32. The minimum absolute atomic E-state index is 0.0565. The average molecular weight is 308 g/mol. The van der Waals surface area contributed by atoms with Crippen molar-refractivity contribution in [1.29, 1.82) is 0 Å². The third kappa shape index (κ3) is 1.97. The number of aryl methyl sites for hydroxylation is 1. The van der Waals surface area contributed by atoms with Gasteiger partial charge in [0.25, 0.3) is 0 Å². The van der Waals surface area contributed by atoms with Gasteiger partial charge in [-0.05, 0) is 37.5 Å². The van der Waals surface area contributed by atoms with Gasteiger partial charge in [0, 0.05) is 16.1 Å². The molecule has 0 saturated heterocycles. The molecule has 18 heavy (non-hydrogen) atoms. The van der Waals surface area contributed by atoms with Crippen molar-refractivity contribution < 1.29 is 5.11 Å². The van der Waals surface area contributed by atoms with Crippen LogP contribution in [0.5, 0.6) is 0 Å². The number of aliphatic hydroxyl groups excluding tert-OH is 1. The van der Waals surface area contributed by atoms with Crippen molar-refractivity contribution >= 4 is 15.9 Å². The number of aliphatic hydroxyl groups is 1. The van der Waals surface area contributed by atoms with Gasteiger partial charge in [-0.3, -0.25) is 0 Å². The number of rotatable bonds is 3. The molecule has 0 amide bonds. The first-order chi connectivity index (χ1) is 8.70. The highest BCUT2D eigenvalue weighted by Gasteiger charge is 2.29. The van der Waals surface area contributed by atoms with Gasteiger partial charge < -0.3 is 9.67 Å². The molecule has 0 spiro atoms. The number of aromatic nitrogens is 3. The minimum atomic E-state index is -0.0565. The summed E-state index contributed by atoms with van der Waals surface area (Å²) in [6.07, 6.45) is 2.29. The van der Waals surface area contributed by atoms with E-state index in [4.69, 9.17) is 0 Å². The molecule has 94 valence electrons. The molecule has 1 aliphatic rings. The second-order valence-electron chi connectivity index (χ2n) is 4.66. The first kappa shape index (κ1) is 11.9. The van der Waals surface area contributed by atoms with Gasteiger partial charge in [-0.2, -0.15) is 0 Å². The third-order valence-corrected chi connectivity index (χ3v) is 4.13. The molecule has 0 atom stereocenters. The van der Waals surface area contributed by atoms with Crippen LogP contribution in [0.3, 0.4) is 0 Å². The highest BCUT2D eigenvalue weighted by molar-refractivity contribution is 9.10. The molecule has 1 fully saturated rings. The molecule has 1 aromatic heterocycles. The molecule has 0 radical (unpaired) electrons. The largest absolute Gasteiger partial charge is 0.388 e. The van der Waals surface area contributed by atoms with Gasteiger partial charge >= 0.3 is 0 Å². The van der Waals surface area contributed by atoms with Crippen LogP contribution < -0.4 is 0 Å². The van der Waals surface area contributed by atoms with Crippen LogP contribution in [0.4, 0.5) is 0 Å². The Bertz CT molecular complexity index is 590. The molecule has 1 heterocycles. The van der Waals surface area contributed by atoms with E-state index in [0.29, 0.717) is 11.9 Å². The molecule has 1 aliphatic carbocycles. The van der Waals surface area contributed by atoms with E-state index < -0.39 is 0 Å². The predicted molar refractivity (Wildman–Crippen MR) is 72.1 cm³/mol. The second-order valence-corrected chi connectivity index (χ2v) is 5.52. The molecular formula is C13H14BrN3O.